The lowest BCUT2D eigenvalue weighted by Gasteiger charge is -2.10. The number of fused-ring (bicyclic) bond motifs is 3. The molecule has 0 bridgehead atoms. The molecule has 0 saturated heterocycles. The van der Waals surface area contributed by atoms with Crippen molar-refractivity contribution >= 4 is 49.6 Å². The van der Waals surface area contributed by atoms with Crippen LogP contribution in [0.4, 0.5) is 0 Å². The summed E-state index contributed by atoms with van der Waals surface area (Å²) in [5.41, 5.74) is 5.64. The molecule has 1 aliphatic carbocycles. The number of thiophene rings is 1. The summed E-state index contributed by atoms with van der Waals surface area (Å²) in [6, 6.07) is 14.5. The maximum Gasteiger partial charge on any atom is 0.271 e. The Morgan fingerprint density at radius 3 is 2.78 bits per heavy atom. The van der Waals surface area contributed by atoms with E-state index in [1.54, 1.807) is 52.7 Å². The monoisotopic (exact) mass is 506 g/mol. The van der Waals surface area contributed by atoms with Gasteiger partial charge in [0.25, 0.3) is 11.5 Å². The number of amides is 1. The van der Waals surface area contributed by atoms with Gasteiger partial charge >= 0.3 is 0 Å². The van der Waals surface area contributed by atoms with E-state index in [4.69, 9.17) is 0 Å². The summed E-state index contributed by atoms with van der Waals surface area (Å²) in [6.07, 6.45) is 7.41. The third-order valence-corrected chi connectivity index (χ3v) is 7.20. The molecule has 4 aromatic rings. The molecule has 2 heterocycles. The molecule has 1 aliphatic rings. The normalized spacial score (nSPS) is 13.4. The standard InChI is InChI=1S/C24H19BrN4O2S/c25-17-5-3-4-15(12-17)13-27-28-22(30)16-8-10-18(11-9-16)29-14-26-23-21(24(29)31)19-6-1-2-7-20(19)32-23/h3-5,8-14H,1-2,6-7H2,(H,28,30)/b27-13-. The van der Waals surface area contributed by atoms with Gasteiger partial charge in [0.05, 0.1) is 17.3 Å². The number of aryl methyl sites for hydroxylation is 2. The molecule has 160 valence electrons. The van der Waals surface area contributed by atoms with Crippen molar-refractivity contribution < 1.29 is 4.79 Å². The van der Waals surface area contributed by atoms with Crippen molar-refractivity contribution in [2.24, 2.45) is 5.10 Å². The summed E-state index contributed by atoms with van der Waals surface area (Å²) in [7, 11) is 0. The Hall–Kier alpha value is -3.10. The van der Waals surface area contributed by atoms with Gasteiger partial charge in [0.2, 0.25) is 0 Å². The quantitative estimate of drug-likeness (QED) is 0.317. The minimum absolute atomic E-state index is 0.0507. The molecule has 0 atom stereocenters. The average molecular weight is 507 g/mol. The molecule has 1 N–H and O–H groups in total. The minimum Gasteiger partial charge on any atom is -0.268 e. The van der Waals surface area contributed by atoms with Gasteiger partial charge in [-0.05, 0) is 73.2 Å². The number of rotatable bonds is 4. The Morgan fingerprint density at radius 1 is 1.16 bits per heavy atom. The average Bonchev–Trinajstić information content (AvgIpc) is 3.19. The van der Waals surface area contributed by atoms with Gasteiger partial charge in [-0.15, -0.1) is 11.3 Å². The lowest BCUT2D eigenvalue weighted by atomic mass is 9.97. The Kier molecular flexibility index (Phi) is 5.71. The Labute approximate surface area is 196 Å². The molecular weight excluding hydrogens is 488 g/mol. The van der Waals surface area contributed by atoms with Crippen LogP contribution in [0.5, 0.6) is 0 Å². The van der Waals surface area contributed by atoms with E-state index in [1.807, 2.05) is 24.3 Å². The Balaban J connectivity index is 1.36. The van der Waals surface area contributed by atoms with Crippen molar-refractivity contribution in [1.29, 1.82) is 0 Å². The zero-order valence-electron chi connectivity index (χ0n) is 17.0. The second-order valence-electron chi connectivity index (χ2n) is 7.61. The van der Waals surface area contributed by atoms with Gasteiger partial charge in [0, 0.05) is 14.9 Å². The van der Waals surface area contributed by atoms with E-state index in [9.17, 15) is 9.59 Å². The van der Waals surface area contributed by atoms with Crippen LogP contribution in [0.2, 0.25) is 0 Å². The number of benzene rings is 2. The van der Waals surface area contributed by atoms with Gasteiger partial charge < -0.3 is 0 Å². The fourth-order valence-corrected chi connectivity index (χ4v) is 5.56. The lowest BCUT2D eigenvalue weighted by Crippen LogP contribution is -2.20. The van der Waals surface area contributed by atoms with E-state index < -0.39 is 0 Å². The molecular formula is C24H19BrN4O2S. The van der Waals surface area contributed by atoms with Crippen LogP contribution >= 0.6 is 27.3 Å². The van der Waals surface area contributed by atoms with Crippen LogP contribution in [0.15, 0.2) is 69.2 Å². The van der Waals surface area contributed by atoms with Crippen LogP contribution < -0.4 is 11.0 Å². The molecule has 0 saturated carbocycles. The molecule has 0 aliphatic heterocycles. The van der Waals surface area contributed by atoms with E-state index >= 15 is 0 Å². The van der Waals surface area contributed by atoms with Crippen LogP contribution in [0.3, 0.4) is 0 Å². The first-order chi connectivity index (χ1) is 15.6. The molecule has 2 aromatic carbocycles. The lowest BCUT2D eigenvalue weighted by molar-refractivity contribution is 0.0955. The highest BCUT2D eigenvalue weighted by atomic mass is 79.9. The van der Waals surface area contributed by atoms with Gasteiger partial charge in [-0.1, -0.05) is 28.1 Å². The number of aromatic nitrogens is 2. The number of carbonyl (C=O) groups is 1. The van der Waals surface area contributed by atoms with Gasteiger partial charge in [-0.2, -0.15) is 5.10 Å². The predicted molar refractivity (Wildman–Crippen MR) is 131 cm³/mol. The first-order valence-corrected chi connectivity index (χ1v) is 11.9. The maximum absolute atomic E-state index is 13.2. The van der Waals surface area contributed by atoms with E-state index in [0.717, 1.165) is 39.5 Å². The van der Waals surface area contributed by atoms with Gasteiger partial charge in [-0.3, -0.25) is 14.2 Å². The molecule has 0 fully saturated rings. The number of halogens is 1. The van der Waals surface area contributed by atoms with E-state index in [0.29, 0.717) is 11.3 Å². The third-order valence-electron chi connectivity index (χ3n) is 5.51. The van der Waals surface area contributed by atoms with Crippen LogP contribution in [-0.2, 0) is 12.8 Å². The van der Waals surface area contributed by atoms with Crippen molar-refractivity contribution in [3.05, 3.63) is 91.3 Å². The van der Waals surface area contributed by atoms with Crippen molar-refractivity contribution in [2.75, 3.05) is 0 Å². The summed E-state index contributed by atoms with van der Waals surface area (Å²) in [5.74, 6) is -0.323. The first-order valence-electron chi connectivity index (χ1n) is 10.3. The molecule has 0 radical (unpaired) electrons. The number of nitrogens with one attached hydrogen (secondary N) is 1. The van der Waals surface area contributed by atoms with E-state index in [2.05, 4.69) is 31.4 Å². The summed E-state index contributed by atoms with van der Waals surface area (Å²) in [5, 5.41) is 4.76. The fourth-order valence-electron chi connectivity index (χ4n) is 3.92. The second-order valence-corrected chi connectivity index (χ2v) is 9.61. The molecule has 1 amide bonds. The van der Waals surface area contributed by atoms with E-state index in [-0.39, 0.29) is 11.5 Å². The predicted octanol–water partition coefficient (Wildman–Crippen LogP) is 4.85. The van der Waals surface area contributed by atoms with Crippen molar-refractivity contribution in [2.45, 2.75) is 25.7 Å². The van der Waals surface area contributed by atoms with Crippen molar-refractivity contribution in [3.63, 3.8) is 0 Å². The molecule has 32 heavy (non-hydrogen) atoms. The minimum atomic E-state index is -0.323. The summed E-state index contributed by atoms with van der Waals surface area (Å²) >= 11 is 5.04. The molecule has 5 rings (SSSR count). The summed E-state index contributed by atoms with van der Waals surface area (Å²) in [6.45, 7) is 0. The smallest absolute Gasteiger partial charge is 0.268 e. The van der Waals surface area contributed by atoms with Crippen LogP contribution in [0.25, 0.3) is 15.9 Å². The van der Waals surface area contributed by atoms with Crippen molar-refractivity contribution in [3.8, 4) is 5.69 Å². The first kappa shape index (κ1) is 20.8. The largest absolute Gasteiger partial charge is 0.271 e. The number of carbonyl (C=O) groups excluding carboxylic acids is 1. The topological polar surface area (TPSA) is 76.3 Å². The Bertz CT molecular complexity index is 1410. The number of nitrogens with zero attached hydrogens (tertiary/aromatic N) is 3. The maximum atomic E-state index is 13.2. The number of hydrazone groups is 1. The second kappa shape index (κ2) is 8.80. The van der Waals surface area contributed by atoms with Gasteiger partial charge in [0.15, 0.2) is 0 Å². The fraction of sp³-hybridized carbons (Fsp3) is 0.167. The third kappa shape index (κ3) is 4.03. The molecule has 0 spiro atoms. The zero-order valence-corrected chi connectivity index (χ0v) is 19.4. The van der Waals surface area contributed by atoms with Gasteiger partial charge in [0.1, 0.15) is 11.2 Å². The van der Waals surface area contributed by atoms with Gasteiger partial charge in [-0.25, -0.2) is 10.4 Å². The highest BCUT2D eigenvalue weighted by Crippen LogP contribution is 2.33. The Morgan fingerprint density at radius 2 is 1.97 bits per heavy atom. The van der Waals surface area contributed by atoms with Crippen LogP contribution in [0, 0.1) is 0 Å². The number of hydrogen-bond acceptors (Lipinski definition) is 5. The van der Waals surface area contributed by atoms with Crippen LogP contribution in [0.1, 0.15) is 39.2 Å². The zero-order chi connectivity index (χ0) is 22.1. The van der Waals surface area contributed by atoms with Crippen molar-refractivity contribution in [1.82, 2.24) is 15.0 Å². The SMILES string of the molecule is O=C(N/N=C\c1cccc(Br)c1)c1ccc(-n2cnc3sc4c(c3c2=O)CCCC4)cc1. The summed E-state index contributed by atoms with van der Waals surface area (Å²) in [4.78, 5) is 32.3. The molecule has 6 nitrogen and oxygen atoms in total. The highest BCUT2D eigenvalue weighted by molar-refractivity contribution is 9.10. The molecule has 8 heteroatoms. The number of hydrogen-bond donors (Lipinski definition) is 1. The van der Waals surface area contributed by atoms with Crippen LogP contribution in [-0.4, -0.2) is 21.7 Å². The summed E-state index contributed by atoms with van der Waals surface area (Å²) < 4.78 is 2.49. The highest BCUT2D eigenvalue weighted by Gasteiger charge is 2.20. The molecule has 2 aromatic heterocycles. The molecule has 0 unspecified atom stereocenters. The van der Waals surface area contributed by atoms with E-state index in [1.165, 1.54) is 16.9 Å².